The molecule has 0 bridgehead atoms. The average Bonchev–Trinajstić information content (AvgIpc) is 2.70. The molecule has 2 aliphatic heterocycles. The summed E-state index contributed by atoms with van der Waals surface area (Å²) in [5.41, 5.74) is 2.00. The molecule has 146 valence electrons. The van der Waals surface area contributed by atoms with Crippen LogP contribution in [0.1, 0.15) is 28.8 Å². The van der Waals surface area contributed by atoms with Crippen molar-refractivity contribution in [2.75, 3.05) is 59.4 Å². The number of nitriles is 1. The van der Waals surface area contributed by atoms with Crippen molar-refractivity contribution in [2.45, 2.75) is 19.4 Å². The van der Waals surface area contributed by atoms with Crippen molar-refractivity contribution >= 4 is 5.91 Å². The Labute approximate surface area is 162 Å². The molecule has 27 heavy (non-hydrogen) atoms. The Hall–Kier alpha value is -1.94. The first-order chi connectivity index (χ1) is 13.1. The molecule has 6 nitrogen and oxygen atoms in total. The van der Waals surface area contributed by atoms with Crippen LogP contribution in [-0.4, -0.2) is 80.0 Å². The third-order valence-electron chi connectivity index (χ3n) is 5.77. The fourth-order valence-electron chi connectivity index (χ4n) is 3.81. The average molecular weight is 370 g/mol. The predicted molar refractivity (Wildman–Crippen MR) is 106 cm³/mol. The van der Waals surface area contributed by atoms with Gasteiger partial charge >= 0.3 is 0 Å². The summed E-state index contributed by atoms with van der Waals surface area (Å²) >= 11 is 0. The van der Waals surface area contributed by atoms with E-state index in [1.807, 2.05) is 12.1 Å². The van der Waals surface area contributed by atoms with E-state index in [1.165, 1.54) is 5.56 Å². The zero-order valence-electron chi connectivity index (χ0n) is 16.4. The van der Waals surface area contributed by atoms with E-state index in [0.717, 1.165) is 70.8 Å². The van der Waals surface area contributed by atoms with Gasteiger partial charge in [-0.3, -0.25) is 14.6 Å². The fourth-order valence-corrected chi connectivity index (χ4v) is 3.81. The van der Waals surface area contributed by atoms with Gasteiger partial charge in [-0.2, -0.15) is 5.26 Å². The lowest BCUT2D eigenvalue weighted by molar-refractivity contribution is 0.0937. The van der Waals surface area contributed by atoms with Gasteiger partial charge < -0.3 is 10.2 Å². The van der Waals surface area contributed by atoms with Gasteiger partial charge in [0, 0.05) is 44.8 Å². The van der Waals surface area contributed by atoms with E-state index in [4.69, 9.17) is 5.26 Å². The zero-order chi connectivity index (χ0) is 19.1. The van der Waals surface area contributed by atoms with Crippen molar-refractivity contribution in [3.63, 3.8) is 0 Å². The molecule has 0 aliphatic carbocycles. The minimum absolute atomic E-state index is 0.0144. The maximum atomic E-state index is 12.4. The van der Waals surface area contributed by atoms with E-state index in [9.17, 15) is 4.79 Å². The van der Waals surface area contributed by atoms with Crippen molar-refractivity contribution in [1.29, 1.82) is 5.26 Å². The molecule has 1 aromatic rings. The van der Waals surface area contributed by atoms with Gasteiger partial charge in [0.15, 0.2) is 0 Å². The maximum Gasteiger partial charge on any atom is 0.251 e. The molecule has 0 unspecified atom stereocenters. The Bertz CT molecular complexity index is 638. The number of nitrogens with one attached hydrogen (secondary N) is 1. The number of carbonyl (C=O) groups excluding carboxylic acids is 1. The van der Waals surface area contributed by atoms with Crippen LogP contribution in [0.15, 0.2) is 24.3 Å². The Kier molecular flexibility index (Phi) is 7.22. The molecule has 2 saturated heterocycles. The number of nitrogens with zero attached hydrogens (tertiary/aromatic N) is 4. The molecule has 2 fully saturated rings. The molecular formula is C21H31N5O. The van der Waals surface area contributed by atoms with Crippen LogP contribution < -0.4 is 5.32 Å². The van der Waals surface area contributed by atoms with E-state index >= 15 is 0 Å². The second kappa shape index (κ2) is 9.84. The fraction of sp³-hybridized carbons (Fsp3) is 0.619. The molecule has 0 aromatic heterocycles. The SMILES string of the molecule is CN1CCN(Cc2ccc(C(=O)NCC3CCN(CC#N)CC3)cc2)CC1. The third kappa shape index (κ3) is 6.03. The van der Waals surface area contributed by atoms with Crippen LogP contribution >= 0.6 is 0 Å². The topological polar surface area (TPSA) is 62.6 Å². The van der Waals surface area contributed by atoms with E-state index in [0.29, 0.717) is 12.5 Å². The molecule has 1 aromatic carbocycles. The highest BCUT2D eigenvalue weighted by atomic mass is 16.1. The predicted octanol–water partition coefficient (Wildman–Crippen LogP) is 1.40. The van der Waals surface area contributed by atoms with Crippen molar-refractivity contribution in [3.8, 4) is 6.07 Å². The van der Waals surface area contributed by atoms with Crippen LogP contribution in [0.3, 0.4) is 0 Å². The number of piperazine rings is 1. The Morgan fingerprint density at radius 2 is 1.74 bits per heavy atom. The van der Waals surface area contributed by atoms with Gasteiger partial charge in [0.25, 0.3) is 5.91 Å². The van der Waals surface area contributed by atoms with Gasteiger partial charge in [0.05, 0.1) is 12.6 Å². The largest absolute Gasteiger partial charge is 0.352 e. The van der Waals surface area contributed by atoms with E-state index in [-0.39, 0.29) is 5.91 Å². The molecule has 2 heterocycles. The number of carbonyl (C=O) groups is 1. The first-order valence-corrected chi connectivity index (χ1v) is 10.0. The van der Waals surface area contributed by atoms with Gasteiger partial charge in [0.2, 0.25) is 0 Å². The van der Waals surface area contributed by atoms with Gasteiger partial charge in [-0.25, -0.2) is 0 Å². The van der Waals surface area contributed by atoms with Crippen molar-refractivity contribution in [2.24, 2.45) is 5.92 Å². The molecule has 0 radical (unpaired) electrons. The molecule has 1 N–H and O–H groups in total. The zero-order valence-corrected chi connectivity index (χ0v) is 16.4. The number of hydrogen-bond acceptors (Lipinski definition) is 5. The molecular weight excluding hydrogens is 338 g/mol. The molecule has 0 saturated carbocycles. The standard InChI is InChI=1S/C21H31N5O/c1-24-12-14-26(15-13-24)17-19-2-4-20(5-3-19)21(27)23-16-18-6-9-25(10-7-18)11-8-22/h2-5,18H,6-7,9-17H2,1H3,(H,23,27). The van der Waals surface area contributed by atoms with Gasteiger partial charge in [-0.05, 0) is 56.6 Å². The van der Waals surface area contributed by atoms with Gasteiger partial charge in [-0.15, -0.1) is 0 Å². The van der Waals surface area contributed by atoms with E-state index in [2.05, 4.69) is 45.3 Å². The molecule has 2 aliphatic rings. The minimum atomic E-state index is 0.0144. The first kappa shape index (κ1) is 19.8. The second-order valence-electron chi connectivity index (χ2n) is 7.86. The summed E-state index contributed by atoms with van der Waals surface area (Å²) in [5, 5.41) is 11.8. The highest BCUT2D eigenvalue weighted by Crippen LogP contribution is 2.16. The van der Waals surface area contributed by atoms with Crippen LogP contribution in [0.25, 0.3) is 0 Å². The second-order valence-corrected chi connectivity index (χ2v) is 7.86. The number of likely N-dealkylation sites (N-methyl/N-ethyl adjacent to an activating group) is 1. The Morgan fingerprint density at radius 3 is 2.37 bits per heavy atom. The molecule has 6 heteroatoms. The smallest absolute Gasteiger partial charge is 0.251 e. The number of amides is 1. The van der Waals surface area contributed by atoms with Crippen LogP contribution in [-0.2, 0) is 6.54 Å². The summed E-state index contributed by atoms with van der Waals surface area (Å²) in [6.07, 6.45) is 2.10. The number of hydrogen-bond donors (Lipinski definition) is 1. The Balaban J connectivity index is 1.41. The highest BCUT2D eigenvalue weighted by Gasteiger charge is 2.19. The van der Waals surface area contributed by atoms with E-state index < -0.39 is 0 Å². The highest BCUT2D eigenvalue weighted by molar-refractivity contribution is 5.94. The first-order valence-electron chi connectivity index (χ1n) is 10.0. The van der Waals surface area contributed by atoms with Gasteiger partial charge in [-0.1, -0.05) is 12.1 Å². The quantitative estimate of drug-likeness (QED) is 0.768. The number of benzene rings is 1. The summed E-state index contributed by atoms with van der Waals surface area (Å²) in [7, 11) is 2.17. The molecule has 0 spiro atoms. The van der Waals surface area contributed by atoms with Gasteiger partial charge in [0.1, 0.15) is 0 Å². The molecule has 0 atom stereocenters. The van der Waals surface area contributed by atoms with Crippen molar-refractivity contribution < 1.29 is 4.79 Å². The number of likely N-dealkylation sites (tertiary alicyclic amines) is 1. The summed E-state index contributed by atoms with van der Waals surface area (Å²) in [4.78, 5) is 19.4. The van der Waals surface area contributed by atoms with Crippen LogP contribution in [0, 0.1) is 17.2 Å². The minimum Gasteiger partial charge on any atom is -0.352 e. The van der Waals surface area contributed by atoms with Crippen LogP contribution in [0.5, 0.6) is 0 Å². The Morgan fingerprint density at radius 1 is 1.07 bits per heavy atom. The summed E-state index contributed by atoms with van der Waals surface area (Å²) in [6.45, 7) is 8.55. The normalized spacial score (nSPS) is 20.3. The molecule has 1 amide bonds. The van der Waals surface area contributed by atoms with Crippen molar-refractivity contribution in [1.82, 2.24) is 20.0 Å². The lowest BCUT2D eigenvalue weighted by Gasteiger charge is -2.32. The summed E-state index contributed by atoms with van der Waals surface area (Å²) < 4.78 is 0. The van der Waals surface area contributed by atoms with Crippen LogP contribution in [0.4, 0.5) is 0 Å². The number of rotatable bonds is 6. The third-order valence-corrected chi connectivity index (χ3v) is 5.77. The monoisotopic (exact) mass is 369 g/mol. The summed E-state index contributed by atoms with van der Waals surface area (Å²) in [6, 6.07) is 10.2. The lowest BCUT2D eigenvalue weighted by Crippen LogP contribution is -2.43. The molecule has 3 rings (SSSR count). The lowest BCUT2D eigenvalue weighted by atomic mass is 9.96. The maximum absolute atomic E-state index is 12.4. The van der Waals surface area contributed by atoms with Crippen molar-refractivity contribution in [3.05, 3.63) is 35.4 Å². The van der Waals surface area contributed by atoms with Crippen LogP contribution in [0.2, 0.25) is 0 Å². The summed E-state index contributed by atoms with van der Waals surface area (Å²) in [5.74, 6) is 0.529. The number of piperidine rings is 1. The van der Waals surface area contributed by atoms with E-state index in [1.54, 1.807) is 0 Å².